The molecule has 134 valence electrons. The molecule has 0 aromatic rings. The van der Waals surface area contributed by atoms with Gasteiger partial charge in [0.25, 0.3) is 0 Å². The van der Waals surface area contributed by atoms with Gasteiger partial charge in [-0.15, -0.1) is 6.58 Å². The van der Waals surface area contributed by atoms with E-state index in [4.69, 9.17) is 0 Å². The molecule has 1 fully saturated rings. The van der Waals surface area contributed by atoms with Crippen LogP contribution < -0.4 is 10.7 Å². The van der Waals surface area contributed by atoms with Gasteiger partial charge in [-0.1, -0.05) is 12.5 Å². The summed E-state index contributed by atoms with van der Waals surface area (Å²) in [6.07, 6.45) is 2.26. The fraction of sp³-hybridized carbons (Fsp3) is 0.533. The Kier molecular flexibility index (Phi) is 8.77. The molecular weight excluding hydrogens is 321 g/mol. The predicted octanol–water partition coefficient (Wildman–Crippen LogP) is 2.28. The van der Waals surface area contributed by atoms with Crippen molar-refractivity contribution in [3.05, 3.63) is 24.0 Å². The first-order chi connectivity index (χ1) is 11.5. The summed E-state index contributed by atoms with van der Waals surface area (Å²) in [4.78, 5) is 9.61. The lowest BCUT2D eigenvalue weighted by Gasteiger charge is -2.24. The van der Waals surface area contributed by atoms with Crippen LogP contribution in [0, 0.1) is 0 Å². The monoisotopic (exact) mass is 344 g/mol. The summed E-state index contributed by atoms with van der Waals surface area (Å²) in [5.74, 6) is -0.404. The Bertz CT molecular complexity index is 490. The SMILES string of the molecule is C=CCN/C(N=C)=C(\C=N/NC=NCN1CCCCC1)C(F)(F)F. The van der Waals surface area contributed by atoms with E-state index in [1.54, 1.807) is 0 Å². The van der Waals surface area contributed by atoms with Crippen molar-refractivity contribution < 1.29 is 13.2 Å². The number of nitrogens with one attached hydrogen (secondary N) is 2. The van der Waals surface area contributed by atoms with E-state index in [9.17, 15) is 13.2 Å². The average molecular weight is 344 g/mol. The van der Waals surface area contributed by atoms with Crippen LogP contribution in [0.25, 0.3) is 0 Å². The lowest BCUT2D eigenvalue weighted by atomic mass is 10.1. The fourth-order valence-corrected chi connectivity index (χ4v) is 2.11. The zero-order valence-corrected chi connectivity index (χ0v) is 13.5. The van der Waals surface area contributed by atoms with Gasteiger partial charge in [-0.3, -0.25) is 15.3 Å². The quantitative estimate of drug-likeness (QED) is 0.292. The van der Waals surface area contributed by atoms with Gasteiger partial charge in [-0.05, 0) is 32.6 Å². The van der Waals surface area contributed by atoms with Gasteiger partial charge in [0.2, 0.25) is 0 Å². The number of nitrogens with zero attached hydrogens (tertiary/aromatic N) is 4. The number of allylic oxidation sites excluding steroid dienone is 1. The first-order valence-corrected chi connectivity index (χ1v) is 7.61. The number of hydrogen-bond acceptors (Lipinski definition) is 5. The van der Waals surface area contributed by atoms with Gasteiger partial charge < -0.3 is 5.32 Å². The Morgan fingerprint density at radius 3 is 2.50 bits per heavy atom. The number of alkyl halides is 3. The third-order valence-corrected chi connectivity index (χ3v) is 3.28. The highest BCUT2D eigenvalue weighted by molar-refractivity contribution is 5.82. The molecule has 0 aromatic carbocycles. The Balaban J connectivity index is 2.59. The van der Waals surface area contributed by atoms with Gasteiger partial charge >= 0.3 is 6.18 Å². The Hall–Kier alpha value is -2.16. The first-order valence-electron chi connectivity index (χ1n) is 7.61. The van der Waals surface area contributed by atoms with Crippen molar-refractivity contribution in [2.75, 3.05) is 26.3 Å². The van der Waals surface area contributed by atoms with Crippen molar-refractivity contribution in [3.63, 3.8) is 0 Å². The van der Waals surface area contributed by atoms with Crippen molar-refractivity contribution >= 4 is 19.3 Å². The molecule has 1 rings (SSSR count). The summed E-state index contributed by atoms with van der Waals surface area (Å²) in [7, 11) is 0. The number of aliphatic imine (C=N–C) groups is 2. The number of piperidine rings is 1. The maximum atomic E-state index is 13.0. The van der Waals surface area contributed by atoms with Crippen molar-refractivity contribution in [1.82, 2.24) is 15.6 Å². The average Bonchev–Trinajstić information content (AvgIpc) is 2.56. The highest BCUT2D eigenvalue weighted by Gasteiger charge is 2.35. The molecule has 1 aliphatic heterocycles. The van der Waals surface area contributed by atoms with Crippen molar-refractivity contribution in [1.29, 1.82) is 0 Å². The van der Waals surface area contributed by atoms with E-state index in [0.717, 1.165) is 25.9 Å². The van der Waals surface area contributed by atoms with Crippen molar-refractivity contribution in [2.45, 2.75) is 25.4 Å². The molecule has 1 aliphatic rings. The van der Waals surface area contributed by atoms with Crippen LogP contribution >= 0.6 is 0 Å². The summed E-state index contributed by atoms with van der Waals surface area (Å²) in [6, 6.07) is 0. The normalized spacial score (nSPS) is 17.8. The van der Waals surface area contributed by atoms with E-state index in [0.29, 0.717) is 12.9 Å². The summed E-state index contributed by atoms with van der Waals surface area (Å²) >= 11 is 0. The predicted molar refractivity (Wildman–Crippen MR) is 91.2 cm³/mol. The van der Waals surface area contributed by atoms with Crippen LogP contribution in [0.4, 0.5) is 13.2 Å². The van der Waals surface area contributed by atoms with E-state index in [-0.39, 0.29) is 6.54 Å². The number of likely N-dealkylation sites (tertiary alicyclic amines) is 1. The number of rotatable bonds is 9. The minimum Gasteiger partial charge on any atom is -0.366 e. The van der Waals surface area contributed by atoms with Crippen LogP contribution in [0.5, 0.6) is 0 Å². The van der Waals surface area contributed by atoms with E-state index in [1.807, 2.05) is 0 Å². The Morgan fingerprint density at radius 1 is 1.21 bits per heavy atom. The van der Waals surface area contributed by atoms with Gasteiger partial charge in [-0.25, -0.2) is 4.99 Å². The summed E-state index contributed by atoms with van der Waals surface area (Å²) in [6.45, 7) is 9.18. The standard InChI is InChI=1S/C15H23F3N6/c1-3-7-21-14(19-2)13(15(16,17)18)10-22-23-11-20-12-24-8-5-4-6-9-24/h3,10-11,21H,1-2,4-9,12H2,(H,20,23)/b14-13+,22-10-. The van der Waals surface area contributed by atoms with E-state index < -0.39 is 17.6 Å². The van der Waals surface area contributed by atoms with E-state index >= 15 is 0 Å². The molecule has 6 nitrogen and oxygen atoms in total. The van der Waals surface area contributed by atoms with Crippen LogP contribution in [0.2, 0.25) is 0 Å². The molecule has 2 N–H and O–H groups in total. The fourth-order valence-electron chi connectivity index (χ4n) is 2.11. The molecule has 0 bridgehead atoms. The molecule has 0 aromatic heterocycles. The summed E-state index contributed by atoms with van der Waals surface area (Å²) in [5, 5.41) is 6.00. The zero-order valence-electron chi connectivity index (χ0n) is 13.5. The highest BCUT2D eigenvalue weighted by atomic mass is 19.4. The number of halogens is 3. The number of hydrogen-bond donors (Lipinski definition) is 2. The molecule has 0 unspecified atom stereocenters. The molecule has 0 saturated carbocycles. The first kappa shape index (κ1) is 19.9. The molecule has 0 atom stereocenters. The van der Waals surface area contributed by atoms with Gasteiger partial charge in [0.1, 0.15) is 17.7 Å². The Labute approximate surface area is 139 Å². The minimum absolute atomic E-state index is 0.131. The topological polar surface area (TPSA) is 64.4 Å². The lowest BCUT2D eigenvalue weighted by Crippen LogP contribution is -2.30. The molecule has 9 heteroatoms. The summed E-state index contributed by atoms with van der Waals surface area (Å²) < 4.78 is 39.1. The molecule has 0 radical (unpaired) electrons. The van der Waals surface area contributed by atoms with Crippen LogP contribution in [-0.4, -0.2) is 56.6 Å². The van der Waals surface area contributed by atoms with Crippen LogP contribution in [0.1, 0.15) is 19.3 Å². The van der Waals surface area contributed by atoms with Crippen LogP contribution in [0.3, 0.4) is 0 Å². The third-order valence-electron chi connectivity index (χ3n) is 3.28. The van der Waals surface area contributed by atoms with Crippen LogP contribution in [0.15, 0.2) is 39.1 Å². The van der Waals surface area contributed by atoms with Crippen molar-refractivity contribution in [3.8, 4) is 0 Å². The molecule has 0 spiro atoms. The van der Waals surface area contributed by atoms with Gasteiger partial charge in [0.05, 0.1) is 12.9 Å². The second-order valence-electron chi connectivity index (χ2n) is 5.11. The Morgan fingerprint density at radius 2 is 1.92 bits per heavy atom. The largest absolute Gasteiger partial charge is 0.421 e. The van der Waals surface area contributed by atoms with E-state index in [2.05, 4.69) is 44.0 Å². The summed E-state index contributed by atoms with van der Waals surface area (Å²) in [5.41, 5.74) is 1.34. The maximum absolute atomic E-state index is 13.0. The lowest BCUT2D eigenvalue weighted by molar-refractivity contribution is -0.0867. The zero-order chi connectivity index (χ0) is 17.8. The van der Waals surface area contributed by atoms with Crippen molar-refractivity contribution in [2.24, 2.45) is 15.1 Å². The van der Waals surface area contributed by atoms with E-state index in [1.165, 1.54) is 18.8 Å². The van der Waals surface area contributed by atoms with Gasteiger partial charge in [0.15, 0.2) is 0 Å². The molecule has 0 aliphatic carbocycles. The van der Waals surface area contributed by atoms with Gasteiger partial charge in [-0.2, -0.15) is 18.3 Å². The minimum atomic E-state index is -4.61. The maximum Gasteiger partial charge on any atom is 0.421 e. The molecule has 0 amide bonds. The highest BCUT2D eigenvalue weighted by Crippen LogP contribution is 2.26. The van der Waals surface area contributed by atoms with Gasteiger partial charge in [0, 0.05) is 6.54 Å². The molecule has 1 heterocycles. The van der Waals surface area contributed by atoms with Crippen LogP contribution in [-0.2, 0) is 0 Å². The molecule has 1 saturated heterocycles. The smallest absolute Gasteiger partial charge is 0.366 e. The molecule has 24 heavy (non-hydrogen) atoms. The molecular formula is C15H23F3N6. The second-order valence-corrected chi connectivity index (χ2v) is 5.11. The third kappa shape index (κ3) is 7.40. The second kappa shape index (κ2) is 10.6. The number of hydrazone groups is 1.